The van der Waals surface area contributed by atoms with Gasteiger partial charge in [-0.3, -0.25) is 4.79 Å². The van der Waals surface area contributed by atoms with Gasteiger partial charge in [-0.2, -0.15) is 13.2 Å². The lowest BCUT2D eigenvalue weighted by Crippen LogP contribution is -2.62. The van der Waals surface area contributed by atoms with Crippen LogP contribution in [0.15, 0.2) is 0 Å². The lowest BCUT2D eigenvalue weighted by atomic mass is 9.83. The number of carbonyl (C=O) groups excluding carboxylic acids is 1. The van der Waals surface area contributed by atoms with Crippen molar-refractivity contribution in [3.63, 3.8) is 0 Å². The number of rotatable bonds is 2. The maximum absolute atomic E-state index is 13.1. The second-order valence-corrected chi connectivity index (χ2v) is 4.95. The highest BCUT2D eigenvalue weighted by molar-refractivity contribution is 5.81. The highest BCUT2D eigenvalue weighted by atomic mass is 19.4. The predicted molar refractivity (Wildman–Crippen MR) is 56.1 cm³/mol. The summed E-state index contributed by atoms with van der Waals surface area (Å²) in [5.74, 6) is -0.558. The first-order valence-electron chi connectivity index (χ1n) is 6.01. The quantitative estimate of drug-likeness (QED) is 0.810. The van der Waals surface area contributed by atoms with Gasteiger partial charge in [0.15, 0.2) is 5.54 Å². The number of nitrogens with two attached hydrogens (primary N) is 1. The molecular formula is C11H17F3N2O. The first-order valence-corrected chi connectivity index (χ1v) is 6.01. The standard InChI is InChI=1S/C11H17F3N2O/c12-11(13,14)10(7-15)5-2-6-16(10)9(17)8-3-1-4-8/h8H,1-7,15H2. The van der Waals surface area contributed by atoms with Crippen LogP contribution >= 0.6 is 0 Å². The lowest BCUT2D eigenvalue weighted by molar-refractivity contribution is -0.222. The van der Waals surface area contributed by atoms with Gasteiger partial charge in [0.1, 0.15) is 0 Å². The van der Waals surface area contributed by atoms with Crippen molar-refractivity contribution in [1.29, 1.82) is 0 Å². The van der Waals surface area contributed by atoms with Crippen LogP contribution in [0.1, 0.15) is 32.1 Å². The van der Waals surface area contributed by atoms with E-state index in [1.807, 2.05) is 0 Å². The minimum atomic E-state index is -4.43. The van der Waals surface area contributed by atoms with Gasteiger partial charge in [0, 0.05) is 19.0 Å². The minimum absolute atomic E-state index is 0.0640. The van der Waals surface area contributed by atoms with E-state index in [9.17, 15) is 18.0 Å². The number of hydrogen-bond acceptors (Lipinski definition) is 2. The van der Waals surface area contributed by atoms with Crippen molar-refractivity contribution >= 4 is 5.91 Å². The summed E-state index contributed by atoms with van der Waals surface area (Å²) in [6.45, 7) is -0.346. The summed E-state index contributed by atoms with van der Waals surface area (Å²) in [4.78, 5) is 13.0. The van der Waals surface area contributed by atoms with Crippen LogP contribution in [0.3, 0.4) is 0 Å². The molecule has 98 valence electrons. The molecule has 1 atom stereocenters. The molecule has 1 aliphatic carbocycles. The second-order valence-electron chi connectivity index (χ2n) is 4.95. The molecule has 2 fully saturated rings. The molecule has 0 aromatic rings. The fourth-order valence-electron chi connectivity index (χ4n) is 2.70. The van der Waals surface area contributed by atoms with Gasteiger partial charge in [-0.15, -0.1) is 0 Å². The molecule has 2 aliphatic rings. The molecule has 1 amide bonds. The molecule has 1 aliphatic heterocycles. The van der Waals surface area contributed by atoms with E-state index in [0.717, 1.165) is 11.3 Å². The Bertz CT molecular complexity index is 314. The number of amides is 1. The van der Waals surface area contributed by atoms with Gasteiger partial charge in [-0.1, -0.05) is 6.42 Å². The van der Waals surface area contributed by atoms with Crippen molar-refractivity contribution < 1.29 is 18.0 Å². The van der Waals surface area contributed by atoms with Crippen molar-refractivity contribution in [3.05, 3.63) is 0 Å². The Kier molecular flexibility index (Phi) is 3.10. The van der Waals surface area contributed by atoms with E-state index in [2.05, 4.69) is 0 Å². The molecule has 3 nitrogen and oxygen atoms in total. The lowest BCUT2D eigenvalue weighted by Gasteiger charge is -2.42. The second kappa shape index (κ2) is 4.15. The van der Waals surface area contributed by atoms with Gasteiger partial charge in [-0.05, 0) is 25.7 Å². The summed E-state index contributed by atoms with van der Waals surface area (Å²) in [6, 6.07) is 0. The smallest absolute Gasteiger partial charge is 0.328 e. The van der Waals surface area contributed by atoms with Gasteiger partial charge in [0.2, 0.25) is 5.91 Å². The molecule has 0 radical (unpaired) electrons. The van der Waals surface area contributed by atoms with E-state index >= 15 is 0 Å². The normalized spacial score (nSPS) is 30.5. The van der Waals surface area contributed by atoms with Crippen molar-refractivity contribution in [2.75, 3.05) is 13.1 Å². The Morgan fingerprint density at radius 3 is 2.41 bits per heavy atom. The first kappa shape index (κ1) is 12.7. The third-order valence-corrected chi connectivity index (χ3v) is 4.07. The van der Waals surface area contributed by atoms with Crippen LogP contribution in [-0.4, -0.2) is 35.6 Å². The molecule has 0 spiro atoms. The maximum atomic E-state index is 13.1. The zero-order valence-corrected chi connectivity index (χ0v) is 9.59. The van der Waals surface area contributed by atoms with E-state index in [1.54, 1.807) is 0 Å². The number of likely N-dealkylation sites (tertiary alicyclic amines) is 1. The number of nitrogens with zero attached hydrogens (tertiary/aromatic N) is 1. The third-order valence-electron chi connectivity index (χ3n) is 4.07. The largest absolute Gasteiger partial charge is 0.412 e. The number of halogens is 3. The van der Waals surface area contributed by atoms with Crippen LogP contribution in [0.25, 0.3) is 0 Å². The summed E-state index contributed by atoms with van der Waals surface area (Å²) in [5, 5.41) is 0. The van der Waals surface area contributed by atoms with Gasteiger partial charge in [0.05, 0.1) is 0 Å². The first-order chi connectivity index (χ1) is 7.92. The molecule has 0 bridgehead atoms. The Morgan fingerprint density at radius 2 is 2.00 bits per heavy atom. The zero-order chi connectivity index (χ0) is 12.7. The Morgan fingerprint density at radius 1 is 1.35 bits per heavy atom. The molecule has 1 unspecified atom stereocenters. The van der Waals surface area contributed by atoms with Crippen LogP contribution in [0.2, 0.25) is 0 Å². The average molecular weight is 250 g/mol. The van der Waals surface area contributed by atoms with Crippen LogP contribution in [0.4, 0.5) is 13.2 Å². The van der Waals surface area contributed by atoms with Crippen LogP contribution in [-0.2, 0) is 4.79 Å². The average Bonchev–Trinajstić information content (AvgIpc) is 2.57. The number of alkyl halides is 3. The fraction of sp³-hybridized carbons (Fsp3) is 0.909. The monoisotopic (exact) mass is 250 g/mol. The molecule has 1 saturated carbocycles. The summed E-state index contributed by atoms with van der Waals surface area (Å²) in [6.07, 6.45) is -1.74. The Hall–Kier alpha value is -0.780. The van der Waals surface area contributed by atoms with Crippen LogP contribution in [0.5, 0.6) is 0 Å². The van der Waals surface area contributed by atoms with E-state index in [1.165, 1.54) is 0 Å². The topological polar surface area (TPSA) is 46.3 Å². The van der Waals surface area contributed by atoms with Crippen LogP contribution in [0, 0.1) is 5.92 Å². The molecule has 17 heavy (non-hydrogen) atoms. The highest BCUT2D eigenvalue weighted by Crippen LogP contribution is 2.44. The minimum Gasteiger partial charge on any atom is -0.328 e. The molecule has 2 rings (SSSR count). The molecule has 1 heterocycles. The van der Waals surface area contributed by atoms with E-state index in [0.29, 0.717) is 19.3 Å². The Balaban J connectivity index is 2.22. The number of carbonyl (C=O) groups is 1. The summed E-state index contributed by atoms with van der Waals surface area (Å²) >= 11 is 0. The molecule has 2 N–H and O–H groups in total. The van der Waals surface area contributed by atoms with E-state index < -0.39 is 18.3 Å². The molecule has 0 aromatic carbocycles. The van der Waals surface area contributed by atoms with Crippen molar-refractivity contribution in [3.8, 4) is 0 Å². The van der Waals surface area contributed by atoms with Gasteiger partial charge in [-0.25, -0.2) is 0 Å². The van der Waals surface area contributed by atoms with Crippen molar-refractivity contribution in [2.24, 2.45) is 11.7 Å². The maximum Gasteiger partial charge on any atom is 0.412 e. The van der Waals surface area contributed by atoms with Gasteiger partial charge in [0.25, 0.3) is 0 Å². The van der Waals surface area contributed by atoms with Crippen molar-refractivity contribution in [1.82, 2.24) is 4.90 Å². The predicted octanol–water partition coefficient (Wildman–Crippen LogP) is 1.67. The Labute approximate surface area is 98.1 Å². The fourth-order valence-corrected chi connectivity index (χ4v) is 2.70. The van der Waals surface area contributed by atoms with Crippen molar-refractivity contribution in [2.45, 2.75) is 43.8 Å². The molecule has 6 heteroatoms. The summed E-state index contributed by atoms with van der Waals surface area (Å²) in [5.41, 5.74) is 3.22. The van der Waals surface area contributed by atoms with E-state index in [-0.39, 0.29) is 24.8 Å². The summed E-state index contributed by atoms with van der Waals surface area (Å²) < 4.78 is 39.4. The molecular weight excluding hydrogens is 233 g/mol. The van der Waals surface area contributed by atoms with Gasteiger partial charge < -0.3 is 10.6 Å². The molecule has 1 saturated heterocycles. The van der Waals surface area contributed by atoms with Crippen LogP contribution < -0.4 is 5.73 Å². The third kappa shape index (κ3) is 1.82. The molecule has 0 aromatic heterocycles. The highest BCUT2D eigenvalue weighted by Gasteiger charge is 2.61. The SMILES string of the molecule is NCC1(C(F)(F)F)CCCN1C(=O)C1CCC1. The summed E-state index contributed by atoms with van der Waals surface area (Å²) in [7, 11) is 0. The number of hydrogen-bond donors (Lipinski definition) is 1. The van der Waals surface area contributed by atoms with Gasteiger partial charge >= 0.3 is 6.18 Å². The van der Waals surface area contributed by atoms with E-state index in [4.69, 9.17) is 5.73 Å². The zero-order valence-electron chi connectivity index (χ0n) is 9.59.